The van der Waals surface area contributed by atoms with Crippen molar-refractivity contribution in [1.82, 2.24) is 19.9 Å². The predicted octanol–water partition coefficient (Wildman–Crippen LogP) is 1.13. The summed E-state index contributed by atoms with van der Waals surface area (Å²) in [6, 6.07) is 0. The molecule has 2 amide bonds. The monoisotopic (exact) mass is 344 g/mol. The van der Waals surface area contributed by atoms with Crippen LogP contribution in [0, 0.1) is 24.7 Å². The zero-order valence-corrected chi connectivity index (χ0v) is 14.6. The van der Waals surface area contributed by atoms with Crippen LogP contribution in [-0.4, -0.2) is 57.9 Å². The van der Waals surface area contributed by atoms with Gasteiger partial charge >= 0.3 is 0 Å². The average Bonchev–Trinajstić information content (AvgIpc) is 3.02. The largest absolute Gasteiger partial charge is 0.341 e. The van der Waals surface area contributed by atoms with Crippen molar-refractivity contribution in [3.63, 3.8) is 0 Å². The van der Waals surface area contributed by atoms with E-state index in [2.05, 4.69) is 10.1 Å². The van der Waals surface area contributed by atoms with Crippen LogP contribution in [-0.2, 0) is 15.0 Å². The number of amides is 2. The smallest absolute Gasteiger partial charge is 0.236 e. The highest BCUT2D eigenvalue weighted by molar-refractivity contribution is 5.82. The summed E-state index contributed by atoms with van der Waals surface area (Å²) in [4.78, 5) is 33.8. The van der Waals surface area contributed by atoms with Crippen molar-refractivity contribution >= 4 is 11.8 Å². The fourth-order valence-corrected chi connectivity index (χ4v) is 4.70. The lowest BCUT2D eigenvalue weighted by atomic mass is 9.81. The third kappa shape index (κ3) is 2.31. The molecule has 2 saturated carbocycles. The van der Waals surface area contributed by atoms with E-state index in [1.807, 2.05) is 16.7 Å². The van der Waals surface area contributed by atoms with Crippen molar-refractivity contribution < 1.29 is 14.1 Å². The maximum absolute atomic E-state index is 12.7. The molecule has 2 aliphatic heterocycles. The number of nitrogens with zero attached hydrogens (tertiary/aromatic N) is 4. The molecule has 0 radical (unpaired) electrons. The van der Waals surface area contributed by atoms with Gasteiger partial charge in [0.05, 0.1) is 5.41 Å². The summed E-state index contributed by atoms with van der Waals surface area (Å²) in [5.74, 6) is 2.36. The molecule has 0 spiro atoms. The Morgan fingerprint density at radius 3 is 2.08 bits per heavy atom. The van der Waals surface area contributed by atoms with Gasteiger partial charge in [-0.2, -0.15) is 4.98 Å². The molecule has 4 aliphatic rings. The summed E-state index contributed by atoms with van der Waals surface area (Å²) >= 11 is 0. The van der Waals surface area contributed by atoms with Gasteiger partial charge in [-0.25, -0.2) is 0 Å². The first-order valence-corrected chi connectivity index (χ1v) is 9.45. The van der Waals surface area contributed by atoms with Gasteiger partial charge in [0.1, 0.15) is 0 Å². The molecule has 4 fully saturated rings. The summed E-state index contributed by atoms with van der Waals surface area (Å²) in [6.07, 6.45) is 5.21. The molecule has 2 aliphatic carbocycles. The minimum Gasteiger partial charge on any atom is -0.341 e. The van der Waals surface area contributed by atoms with Crippen LogP contribution in [0.4, 0.5) is 0 Å². The lowest BCUT2D eigenvalue weighted by Crippen LogP contribution is -2.44. The molecule has 0 N–H and O–H groups in total. The summed E-state index contributed by atoms with van der Waals surface area (Å²) < 4.78 is 5.55. The topological polar surface area (TPSA) is 79.5 Å². The second-order valence-electron chi connectivity index (χ2n) is 8.34. The maximum Gasteiger partial charge on any atom is 0.236 e. The molecule has 0 bridgehead atoms. The van der Waals surface area contributed by atoms with E-state index in [-0.39, 0.29) is 35.0 Å². The molecule has 0 unspecified atom stereocenters. The summed E-state index contributed by atoms with van der Waals surface area (Å²) in [5, 5.41) is 3.97. The summed E-state index contributed by atoms with van der Waals surface area (Å²) in [7, 11) is 0. The van der Waals surface area contributed by atoms with Crippen LogP contribution in [0.15, 0.2) is 4.52 Å². The van der Waals surface area contributed by atoms with Gasteiger partial charge in [0.15, 0.2) is 5.82 Å². The van der Waals surface area contributed by atoms with Crippen molar-refractivity contribution in [2.45, 2.75) is 44.4 Å². The van der Waals surface area contributed by atoms with Gasteiger partial charge in [-0.3, -0.25) is 9.59 Å². The molecule has 5 rings (SSSR count). The van der Waals surface area contributed by atoms with Gasteiger partial charge < -0.3 is 14.3 Å². The fraction of sp³-hybridized carbons (Fsp3) is 0.778. The molecule has 134 valence electrons. The Morgan fingerprint density at radius 2 is 1.64 bits per heavy atom. The van der Waals surface area contributed by atoms with Crippen molar-refractivity contribution in [2.75, 3.05) is 26.2 Å². The van der Waals surface area contributed by atoms with Crippen LogP contribution >= 0.6 is 0 Å². The van der Waals surface area contributed by atoms with Crippen LogP contribution in [0.2, 0.25) is 0 Å². The Balaban J connectivity index is 1.43. The third-order valence-electron chi connectivity index (χ3n) is 6.57. The number of fused-ring (bicyclic) bond motifs is 1. The van der Waals surface area contributed by atoms with E-state index in [4.69, 9.17) is 4.52 Å². The first-order chi connectivity index (χ1) is 12.1. The van der Waals surface area contributed by atoms with Crippen LogP contribution in [0.3, 0.4) is 0 Å². The number of aromatic nitrogens is 2. The van der Waals surface area contributed by atoms with Gasteiger partial charge in [0.25, 0.3) is 0 Å². The van der Waals surface area contributed by atoms with Gasteiger partial charge in [-0.05, 0) is 32.6 Å². The number of hydrogen-bond acceptors (Lipinski definition) is 5. The maximum atomic E-state index is 12.7. The molecule has 7 heteroatoms. The SMILES string of the molecule is Cc1noc([C@]23CN(C(=O)C4CCC4)C[C@H]2CN(C(=O)C2CC2)C3)n1. The molecule has 0 aromatic carbocycles. The highest BCUT2D eigenvalue weighted by Crippen LogP contribution is 2.46. The molecule has 1 aromatic rings. The lowest BCUT2D eigenvalue weighted by molar-refractivity contribution is -0.137. The van der Waals surface area contributed by atoms with Crippen molar-refractivity contribution in [1.29, 1.82) is 0 Å². The second kappa shape index (κ2) is 5.29. The van der Waals surface area contributed by atoms with Gasteiger partial charge in [0, 0.05) is 43.9 Å². The van der Waals surface area contributed by atoms with Crippen molar-refractivity contribution in [2.24, 2.45) is 17.8 Å². The normalized spacial score (nSPS) is 32.0. The van der Waals surface area contributed by atoms with Crippen LogP contribution in [0.5, 0.6) is 0 Å². The van der Waals surface area contributed by atoms with E-state index in [1.165, 1.54) is 0 Å². The first kappa shape index (κ1) is 15.3. The molecule has 7 nitrogen and oxygen atoms in total. The van der Waals surface area contributed by atoms with Crippen LogP contribution in [0.1, 0.15) is 43.8 Å². The minimum atomic E-state index is -0.384. The number of carbonyl (C=O) groups is 2. The van der Waals surface area contributed by atoms with Crippen molar-refractivity contribution in [3.8, 4) is 0 Å². The average molecular weight is 344 g/mol. The summed E-state index contributed by atoms with van der Waals surface area (Å²) in [6.45, 7) is 4.41. The highest BCUT2D eigenvalue weighted by atomic mass is 16.5. The molecular weight excluding hydrogens is 320 g/mol. The first-order valence-electron chi connectivity index (χ1n) is 9.45. The molecule has 25 heavy (non-hydrogen) atoms. The lowest BCUT2D eigenvalue weighted by Gasteiger charge is -2.31. The fourth-order valence-electron chi connectivity index (χ4n) is 4.70. The molecular formula is C18H24N4O3. The minimum absolute atomic E-state index is 0.194. The zero-order valence-electron chi connectivity index (χ0n) is 14.6. The molecule has 3 heterocycles. The standard InChI is InChI=1S/C18H24N4O3/c1-11-19-17(25-20-11)18-9-21(15(23)12-3-2-4-12)7-14(18)8-22(10-18)16(24)13-5-6-13/h12-14H,2-10H2,1H3/t14-,18-/m0/s1. The zero-order chi connectivity index (χ0) is 17.2. The number of aryl methyl sites for hydroxylation is 1. The number of likely N-dealkylation sites (tertiary alicyclic amines) is 2. The van der Waals surface area contributed by atoms with Crippen LogP contribution < -0.4 is 0 Å². The highest BCUT2D eigenvalue weighted by Gasteiger charge is 2.59. The number of rotatable bonds is 3. The number of carbonyl (C=O) groups excluding carboxylic acids is 2. The van der Waals surface area contributed by atoms with E-state index in [0.717, 1.165) is 32.1 Å². The summed E-state index contributed by atoms with van der Waals surface area (Å²) in [5.41, 5.74) is -0.384. The number of hydrogen-bond donors (Lipinski definition) is 0. The predicted molar refractivity (Wildman–Crippen MR) is 87.4 cm³/mol. The Hall–Kier alpha value is -1.92. The second-order valence-corrected chi connectivity index (χ2v) is 8.34. The van der Waals surface area contributed by atoms with Crippen LogP contribution in [0.25, 0.3) is 0 Å². The Morgan fingerprint density at radius 1 is 1.04 bits per heavy atom. The third-order valence-corrected chi connectivity index (χ3v) is 6.57. The van der Waals surface area contributed by atoms with Gasteiger partial charge in [-0.1, -0.05) is 11.6 Å². The Bertz CT molecular complexity index is 724. The van der Waals surface area contributed by atoms with Gasteiger partial charge in [-0.15, -0.1) is 0 Å². The van der Waals surface area contributed by atoms with Gasteiger partial charge in [0.2, 0.25) is 17.7 Å². The molecule has 2 saturated heterocycles. The van der Waals surface area contributed by atoms with E-state index in [1.54, 1.807) is 0 Å². The Labute approximate surface area is 146 Å². The van der Waals surface area contributed by atoms with E-state index in [0.29, 0.717) is 37.9 Å². The van der Waals surface area contributed by atoms with E-state index < -0.39 is 0 Å². The van der Waals surface area contributed by atoms with E-state index in [9.17, 15) is 9.59 Å². The molecule has 1 aromatic heterocycles. The van der Waals surface area contributed by atoms with Crippen molar-refractivity contribution in [3.05, 3.63) is 11.7 Å². The Kier molecular flexibility index (Phi) is 3.24. The molecule has 2 atom stereocenters. The quantitative estimate of drug-likeness (QED) is 0.821. The van der Waals surface area contributed by atoms with E-state index >= 15 is 0 Å².